The Bertz CT molecular complexity index is 905. The van der Waals surface area contributed by atoms with Crippen LogP contribution in [-0.2, 0) is 4.74 Å². The summed E-state index contributed by atoms with van der Waals surface area (Å²) in [6.07, 6.45) is 1.49. The van der Waals surface area contributed by atoms with E-state index >= 15 is 0 Å². The molecular weight excluding hydrogens is 324 g/mol. The van der Waals surface area contributed by atoms with Gasteiger partial charge in [-0.2, -0.15) is 0 Å². The number of aromatic nitrogens is 1. The third-order valence-electron chi connectivity index (χ3n) is 3.44. The minimum atomic E-state index is -0.786. The number of ether oxygens (including phenoxy) is 1. The first-order valence-corrected chi connectivity index (χ1v) is 7.01. The van der Waals surface area contributed by atoms with Crippen LogP contribution in [0.1, 0.15) is 10.4 Å². The van der Waals surface area contributed by atoms with Crippen molar-refractivity contribution in [2.24, 2.45) is 0 Å². The summed E-state index contributed by atoms with van der Waals surface area (Å²) in [6.45, 7) is 0. The predicted octanol–water partition coefficient (Wildman–Crippen LogP) is 4.62. The van der Waals surface area contributed by atoms with Gasteiger partial charge in [0.2, 0.25) is 0 Å². The van der Waals surface area contributed by atoms with Crippen LogP contribution in [0.2, 0.25) is 5.02 Å². The molecule has 0 aliphatic heterocycles. The molecule has 6 heteroatoms. The molecule has 3 nitrogen and oxygen atoms in total. The topological polar surface area (TPSA) is 39.2 Å². The molecule has 0 N–H and O–H groups in total. The number of esters is 1. The van der Waals surface area contributed by atoms with Crippen LogP contribution in [-0.4, -0.2) is 18.1 Å². The fourth-order valence-electron chi connectivity index (χ4n) is 2.41. The number of carbonyl (C=O) groups is 1. The number of pyridine rings is 1. The molecule has 0 saturated heterocycles. The molecule has 3 rings (SSSR count). The van der Waals surface area contributed by atoms with Gasteiger partial charge in [0, 0.05) is 23.2 Å². The Hall–Kier alpha value is -2.53. The van der Waals surface area contributed by atoms with Crippen molar-refractivity contribution in [1.29, 1.82) is 0 Å². The van der Waals surface area contributed by atoms with Crippen LogP contribution in [0.3, 0.4) is 0 Å². The molecule has 23 heavy (non-hydrogen) atoms. The summed E-state index contributed by atoms with van der Waals surface area (Å²) in [4.78, 5) is 15.9. The number of rotatable bonds is 2. The van der Waals surface area contributed by atoms with Gasteiger partial charge < -0.3 is 4.74 Å². The lowest BCUT2D eigenvalue weighted by Gasteiger charge is -2.10. The second-order valence-electron chi connectivity index (χ2n) is 4.83. The lowest BCUT2D eigenvalue weighted by Crippen LogP contribution is -2.01. The van der Waals surface area contributed by atoms with Crippen molar-refractivity contribution < 1.29 is 18.3 Å². The highest BCUT2D eigenvalue weighted by molar-refractivity contribution is 6.33. The normalized spacial score (nSPS) is 10.8. The Morgan fingerprint density at radius 1 is 1.17 bits per heavy atom. The number of nitrogens with zero attached hydrogens (tertiary/aromatic N) is 1. The quantitative estimate of drug-likeness (QED) is 0.642. The maximum absolute atomic E-state index is 14.2. The average molecular weight is 334 g/mol. The number of carbonyl (C=O) groups excluding carboxylic acids is 1. The highest BCUT2D eigenvalue weighted by Gasteiger charge is 2.16. The summed E-state index contributed by atoms with van der Waals surface area (Å²) in [5.74, 6) is -2.07. The molecule has 0 saturated carbocycles. The highest BCUT2D eigenvalue weighted by Crippen LogP contribution is 2.35. The highest BCUT2D eigenvalue weighted by atomic mass is 35.5. The van der Waals surface area contributed by atoms with Crippen molar-refractivity contribution in [2.75, 3.05) is 7.11 Å². The Labute approximate surface area is 135 Å². The fourth-order valence-corrected chi connectivity index (χ4v) is 2.70. The maximum atomic E-state index is 14.2. The van der Waals surface area contributed by atoms with E-state index in [-0.39, 0.29) is 10.6 Å². The lowest BCUT2D eigenvalue weighted by molar-refractivity contribution is 0.0601. The maximum Gasteiger partial charge on any atom is 0.337 e. The van der Waals surface area contributed by atoms with Crippen LogP contribution in [0.4, 0.5) is 8.78 Å². The average Bonchev–Trinajstić information content (AvgIpc) is 2.53. The molecule has 0 fully saturated rings. The Morgan fingerprint density at radius 3 is 2.65 bits per heavy atom. The van der Waals surface area contributed by atoms with E-state index < -0.39 is 17.6 Å². The zero-order chi connectivity index (χ0) is 16.6. The number of benzene rings is 2. The van der Waals surface area contributed by atoms with Gasteiger partial charge in [0.05, 0.1) is 23.2 Å². The summed E-state index contributed by atoms with van der Waals surface area (Å²) < 4.78 is 32.2. The Morgan fingerprint density at radius 2 is 1.96 bits per heavy atom. The summed E-state index contributed by atoms with van der Waals surface area (Å²) in [6, 6.07) is 8.09. The number of methoxy groups -OCH3 is 1. The van der Waals surface area contributed by atoms with Gasteiger partial charge in [-0.3, -0.25) is 4.98 Å². The van der Waals surface area contributed by atoms with Crippen molar-refractivity contribution in [3.8, 4) is 11.1 Å². The number of hydrogen-bond acceptors (Lipinski definition) is 3. The first kappa shape index (κ1) is 15.4. The third kappa shape index (κ3) is 2.75. The van der Waals surface area contributed by atoms with Gasteiger partial charge in [-0.15, -0.1) is 0 Å². The first-order chi connectivity index (χ1) is 11.0. The largest absolute Gasteiger partial charge is 0.465 e. The van der Waals surface area contributed by atoms with Crippen LogP contribution < -0.4 is 0 Å². The monoisotopic (exact) mass is 333 g/mol. The SMILES string of the molecule is COC(=O)c1ccc2nccc(-c3c(F)cc(F)cc3Cl)c2c1. The van der Waals surface area contributed by atoms with Gasteiger partial charge in [0.15, 0.2) is 0 Å². The smallest absolute Gasteiger partial charge is 0.337 e. The van der Waals surface area contributed by atoms with Crippen molar-refractivity contribution in [1.82, 2.24) is 4.98 Å². The third-order valence-corrected chi connectivity index (χ3v) is 3.74. The van der Waals surface area contributed by atoms with Crippen molar-refractivity contribution in [3.63, 3.8) is 0 Å². The lowest BCUT2D eigenvalue weighted by atomic mass is 9.99. The minimum Gasteiger partial charge on any atom is -0.465 e. The molecule has 0 spiro atoms. The van der Waals surface area contributed by atoms with Crippen LogP contribution in [0.5, 0.6) is 0 Å². The fraction of sp³-hybridized carbons (Fsp3) is 0.0588. The zero-order valence-electron chi connectivity index (χ0n) is 11.9. The Balaban J connectivity index is 2.32. The van der Waals surface area contributed by atoms with E-state index in [0.29, 0.717) is 22.0 Å². The summed E-state index contributed by atoms with van der Waals surface area (Å²) >= 11 is 6.01. The van der Waals surface area contributed by atoms with E-state index in [1.807, 2.05) is 0 Å². The summed E-state index contributed by atoms with van der Waals surface area (Å²) in [7, 11) is 1.27. The predicted molar refractivity (Wildman–Crippen MR) is 83.4 cm³/mol. The second-order valence-corrected chi connectivity index (χ2v) is 5.23. The summed E-state index contributed by atoms with van der Waals surface area (Å²) in [5.41, 5.74) is 1.33. The number of hydrogen-bond donors (Lipinski definition) is 0. The van der Waals surface area contributed by atoms with Crippen molar-refractivity contribution >= 4 is 28.5 Å². The molecule has 1 heterocycles. The van der Waals surface area contributed by atoms with E-state index in [4.69, 9.17) is 11.6 Å². The molecule has 0 aliphatic rings. The van der Waals surface area contributed by atoms with E-state index in [1.54, 1.807) is 24.3 Å². The van der Waals surface area contributed by atoms with E-state index in [2.05, 4.69) is 9.72 Å². The van der Waals surface area contributed by atoms with Crippen LogP contribution in [0.15, 0.2) is 42.6 Å². The standard InChI is InChI=1S/C17H10ClF2NO2/c1-23-17(22)9-2-3-15-12(6-9)11(4-5-21-15)16-13(18)7-10(19)8-14(16)20/h2-8H,1H3. The van der Waals surface area contributed by atoms with Gasteiger partial charge in [0.25, 0.3) is 0 Å². The van der Waals surface area contributed by atoms with Gasteiger partial charge in [-0.1, -0.05) is 11.6 Å². The molecule has 0 radical (unpaired) electrons. The van der Waals surface area contributed by atoms with Gasteiger partial charge >= 0.3 is 5.97 Å². The first-order valence-electron chi connectivity index (χ1n) is 6.63. The molecular formula is C17H10ClF2NO2. The molecule has 0 unspecified atom stereocenters. The minimum absolute atomic E-state index is 0.0570. The van der Waals surface area contributed by atoms with Crippen molar-refractivity contribution in [2.45, 2.75) is 0 Å². The van der Waals surface area contributed by atoms with Gasteiger partial charge in [-0.05, 0) is 35.9 Å². The zero-order valence-corrected chi connectivity index (χ0v) is 12.7. The molecule has 1 aromatic heterocycles. The number of fused-ring (bicyclic) bond motifs is 1. The van der Waals surface area contributed by atoms with E-state index in [1.165, 1.54) is 13.3 Å². The van der Waals surface area contributed by atoms with Gasteiger partial charge in [0.1, 0.15) is 11.6 Å². The van der Waals surface area contributed by atoms with E-state index in [9.17, 15) is 13.6 Å². The number of halogens is 3. The van der Waals surface area contributed by atoms with E-state index in [0.717, 1.165) is 12.1 Å². The molecule has 0 bridgehead atoms. The van der Waals surface area contributed by atoms with Gasteiger partial charge in [-0.25, -0.2) is 13.6 Å². The molecule has 2 aromatic carbocycles. The van der Waals surface area contributed by atoms with Crippen molar-refractivity contribution in [3.05, 3.63) is 64.8 Å². The van der Waals surface area contributed by atoms with Crippen LogP contribution in [0.25, 0.3) is 22.0 Å². The molecule has 3 aromatic rings. The van der Waals surface area contributed by atoms with Crippen LogP contribution in [0, 0.1) is 11.6 Å². The molecule has 0 amide bonds. The second kappa shape index (κ2) is 5.93. The Kier molecular flexibility index (Phi) is 3.96. The molecule has 0 atom stereocenters. The molecule has 0 aliphatic carbocycles. The summed E-state index contributed by atoms with van der Waals surface area (Å²) in [5, 5.41) is 0.460. The molecule has 116 valence electrons. The van der Waals surface area contributed by atoms with Crippen LogP contribution >= 0.6 is 11.6 Å².